The number of hydrogen-bond donors (Lipinski definition) is 11. The molecule has 0 aromatic heterocycles. The highest BCUT2D eigenvalue weighted by Crippen LogP contribution is 2.49. The highest BCUT2D eigenvalue weighted by atomic mass is 31.2. The van der Waals surface area contributed by atoms with E-state index in [9.17, 15) is 74.9 Å². The Bertz CT molecular complexity index is 2050. The quantitative estimate of drug-likeness (QED) is 0.00889. The Hall–Kier alpha value is -2.56. The lowest BCUT2D eigenvalue weighted by Crippen LogP contribution is -2.69. The standard InChI is InChI=1S/C69H125O24P/c1-4-7-10-13-16-19-22-24-26-29-32-35-38-41-44-54(72)86-49-52-57(75)59(77)64(82)69(90-52)92-66-62(80)60(78)61(79)65(91-68-63(81)58(76)56(74)51(46-70)89-68)67(66)93-94(83,84)87-48-50(47-85-53(71)43-40-37-34-31-28-21-18-15-12-9-6-3)88-55(73)45-42-39-36-33-30-27-25-23-20-17-14-11-8-5-2/h26-27,29-30,50-52,56-70,74-82H,4-25,28,31-49H2,1-3H3,(H,83,84)/b29-26-,30-27-. The van der Waals surface area contributed by atoms with Gasteiger partial charge in [0.2, 0.25) is 0 Å². The first-order chi connectivity index (χ1) is 45.3. The molecule has 3 rings (SSSR count). The maximum absolute atomic E-state index is 14.3. The van der Waals surface area contributed by atoms with Crippen molar-refractivity contribution in [3.63, 3.8) is 0 Å². The van der Waals surface area contributed by atoms with Crippen LogP contribution in [0.25, 0.3) is 0 Å². The molecule has 3 fully saturated rings. The third-order valence-corrected chi connectivity index (χ3v) is 18.7. The Kier molecular flexibility index (Phi) is 47.0. The van der Waals surface area contributed by atoms with Crippen LogP contribution in [0.3, 0.4) is 0 Å². The molecule has 0 bridgehead atoms. The Morgan fingerprint density at radius 1 is 0.404 bits per heavy atom. The molecule has 2 saturated heterocycles. The zero-order valence-electron chi connectivity index (χ0n) is 57.0. The number of esters is 3. The summed E-state index contributed by atoms with van der Waals surface area (Å²) in [6.45, 7) is 3.38. The van der Waals surface area contributed by atoms with Gasteiger partial charge in [-0.25, -0.2) is 4.57 Å². The van der Waals surface area contributed by atoms with Crippen LogP contribution in [0.1, 0.15) is 265 Å². The second-order valence-corrected chi connectivity index (χ2v) is 27.4. The Balaban J connectivity index is 1.76. The smallest absolute Gasteiger partial charge is 0.463 e. The minimum atomic E-state index is -5.70. The summed E-state index contributed by atoms with van der Waals surface area (Å²) in [6, 6.07) is 0. The summed E-state index contributed by atoms with van der Waals surface area (Å²) >= 11 is 0. The fourth-order valence-electron chi connectivity index (χ4n) is 11.7. The average molecular weight is 1370 g/mol. The predicted octanol–water partition coefficient (Wildman–Crippen LogP) is 8.96. The van der Waals surface area contributed by atoms with Gasteiger partial charge in [-0.15, -0.1) is 0 Å². The van der Waals surface area contributed by atoms with E-state index in [2.05, 4.69) is 45.1 Å². The molecule has 0 spiro atoms. The zero-order chi connectivity index (χ0) is 68.9. The molecule has 25 heteroatoms. The summed E-state index contributed by atoms with van der Waals surface area (Å²) in [5, 5.41) is 110. The number of ether oxygens (including phenoxy) is 7. The third-order valence-electron chi connectivity index (χ3n) is 17.7. The van der Waals surface area contributed by atoms with E-state index in [0.29, 0.717) is 25.7 Å². The van der Waals surface area contributed by atoms with Gasteiger partial charge >= 0.3 is 25.7 Å². The number of phosphoric acid groups is 1. The SMILES string of the molecule is CCCCCCCCC/C=C\CCCCCC(=O)OCC1OC(OC2C(O)C(O)C(O)C(OC3OC(CO)C(O)C(O)C3O)C2OP(=O)(O)OCC(COC(=O)CCCCCCCCCCCCC)OC(=O)CCCCC/C=C\CCCCCCCCC)C(O)C(O)C1O. The number of hydrogen-bond acceptors (Lipinski definition) is 23. The van der Waals surface area contributed by atoms with E-state index >= 15 is 0 Å². The fourth-order valence-corrected chi connectivity index (χ4v) is 12.7. The van der Waals surface area contributed by atoms with E-state index in [1.807, 2.05) is 0 Å². The second kappa shape index (κ2) is 51.6. The molecule has 0 amide bonds. The minimum Gasteiger partial charge on any atom is -0.463 e. The number of rotatable bonds is 55. The molecule has 1 aliphatic carbocycles. The van der Waals surface area contributed by atoms with Crippen molar-refractivity contribution in [1.29, 1.82) is 0 Å². The van der Waals surface area contributed by atoms with E-state index in [4.69, 9.17) is 42.2 Å². The molecule has 18 atom stereocenters. The maximum Gasteiger partial charge on any atom is 0.472 e. The van der Waals surface area contributed by atoms with Crippen LogP contribution in [0, 0.1) is 0 Å². The molecule has 2 aliphatic heterocycles. The number of aliphatic hydroxyl groups is 10. The number of unbranched alkanes of at least 4 members (excludes halogenated alkanes) is 30. The van der Waals surface area contributed by atoms with E-state index in [1.165, 1.54) is 109 Å². The summed E-state index contributed by atoms with van der Waals surface area (Å²) in [5.74, 6) is -2.02. The number of carbonyl (C=O) groups excluding carboxylic acids is 3. The van der Waals surface area contributed by atoms with E-state index in [-0.39, 0.29) is 19.3 Å². The topological polar surface area (TPSA) is 374 Å². The van der Waals surface area contributed by atoms with E-state index in [1.54, 1.807) is 0 Å². The number of allylic oxidation sites excluding steroid dienone is 4. The average Bonchev–Trinajstić information content (AvgIpc) is 0.808. The van der Waals surface area contributed by atoms with Crippen molar-refractivity contribution in [3.8, 4) is 0 Å². The first-order valence-corrected chi connectivity index (χ1v) is 37.6. The normalized spacial score (nSPS) is 28.4. The summed E-state index contributed by atoms with van der Waals surface area (Å²) < 4.78 is 64.8. The van der Waals surface area contributed by atoms with Crippen molar-refractivity contribution in [2.75, 3.05) is 26.4 Å². The molecule has 1 saturated carbocycles. The monoisotopic (exact) mass is 1370 g/mol. The summed E-state index contributed by atoms with van der Waals surface area (Å²) in [6.07, 6.45) is 9.90. The first-order valence-electron chi connectivity index (χ1n) is 36.1. The van der Waals surface area contributed by atoms with Gasteiger partial charge in [0.1, 0.15) is 98.7 Å². The lowest BCUT2D eigenvalue weighted by molar-refractivity contribution is -0.360. The Labute approximate surface area is 560 Å². The van der Waals surface area contributed by atoms with Crippen LogP contribution >= 0.6 is 7.82 Å². The highest BCUT2D eigenvalue weighted by molar-refractivity contribution is 7.47. The van der Waals surface area contributed by atoms with E-state index < -0.39 is 156 Å². The van der Waals surface area contributed by atoms with Gasteiger partial charge in [-0.2, -0.15) is 0 Å². The van der Waals surface area contributed by atoms with E-state index in [0.717, 1.165) is 89.9 Å². The molecular weight excluding hydrogens is 1240 g/mol. The van der Waals surface area contributed by atoms with Crippen LogP contribution in [0.4, 0.5) is 0 Å². The summed E-state index contributed by atoms with van der Waals surface area (Å²) in [5.41, 5.74) is 0. The molecule has 3 aliphatic rings. The van der Waals surface area contributed by atoms with Gasteiger partial charge in [-0.3, -0.25) is 23.4 Å². The van der Waals surface area contributed by atoms with Crippen LogP contribution in [0.5, 0.6) is 0 Å². The van der Waals surface area contributed by atoms with Crippen molar-refractivity contribution in [1.82, 2.24) is 0 Å². The lowest BCUT2D eigenvalue weighted by Gasteiger charge is -2.49. The molecule has 0 aromatic rings. The van der Waals surface area contributed by atoms with Gasteiger partial charge in [-0.1, -0.05) is 199 Å². The van der Waals surface area contributed by atoms with Crippen molar-refractivity contribution in [2.24, 2.45) is 0 Å². The van der Waals surface area contributed by atoms with Gasteiger partial charge in [-0.05, 0) is 70.6 Å². The Morgan fingerprint density at radius 3 is 1.16 bits per heavy atom. The molecule has 2 heterocycles. The fraction of sp³-hybridized carbons (Fsp3) is 0.899. The van der Waals surface area contributed by atoms with Crippen LogP contribution < -0.4 is 0 Å². The Morgan fingerprint density at radius 2 is 0.745 bits per heavy atom. The zero-order valence-corrected chi connectivity index (χ0v) is 57.9. The van der Waals surface area contributed by atoms with Crippen LogP contribution in [-0.4, -0.2) is 204 Å². The number of phosphoric ester groups is 1. The van der Waals surface area contributed by atoms with Crippen molar-refractivity contribution < 1.29 is 117 Å². The molecule has 94 heavy (non-hydrogen) atoms. The number of aliphatic hydroxyl groups excluding tert-OH is 10. The summed E-state index contributed by atoms with van der Waals surface area (Å²) in [4.78, 5) is 50.8. The molecule has 550 valence electrons. The molecule has 11 N–H and O–H groups in total. The van der Waals surface area contributed by atoms with Crippen molar-refractivity contribution in [3.05, 3.63) is 24.3 Å². The van der Waals surface area contributed by atoms with Crippen LogP contribution in [0.2, 0.25) is 0 Å². The van der Waals surface area contributed by atoms with Gasteiger partial charge in [0.15, 0.2) is 18.7 Å². The van der Waals surface area contributed by atoms with Crippen molar-refractivity contribution in [2.45, 2.75) is 369 Å². The maximum atomic E-state index is 14.3. The third kappa shape index (κ3) is 35.0. The van der Waals surface area contributed by atoms with Crippen LogP contribution in [0.15, 0.2) is 24.3 Å². The summed E-state index contributed by atoms with van der Waals surface area (Å²) in [7, 11) is -5.70. The van der Waals surface area contributed by atoms with Crippen LogP contribution in [-0.2, 0) is 61.2 Å². The first kappa shape index (κ1) is 85.7. The van der Waals surface area contributed by atoms with Gasteiger partial charge < -0.3 is 89.1 Å². The van der Waals surface area contributed by atoms with Gasteiger partial charge in [0, 0.05) is 19.3 Å². The minimum absolute atomic E-state index is 0.00774. The second-order valence-electron chi connectivity index (χ2n) is 25.9. The predicted molar refractivity (Wildman–Crippen MR) is 351 cm³/mol. The molecule has 24 nitrogen and oxygen atoms in total. The number of carbonyl (C=O) groups is 3. The van der Waals surface area contributed by atoms with Gasteiger partial charge in [0.25, 0.3) is 0 Å². The molecule has 0 radical (unpaired) electrons. The molecule has 18 unspecified atom stereocenters. The molecular formula is C69H125O24P. The highest BCUT2D eigenvalue weighted by Gasteiger charge is 2.58. The van der Waals surface area contributed by atoms with Gasteiger partial charge in [0.05, 0.1) is 13.2 Å². The largest absolute Gasteiger partial charge is 0.472 e. The lowest BCUT2D eigenvalue weighted by atomic mass is 9.84. The molecule has 0 aromatic carbocycles. The van der Waals surface area contributed by atoms with Crippen molar-refractivity contribution >= 4 is 25.7 Å².